The molecule has 0 atom stereocenters. The highest BCUT2D eigenvalue weighted by Gasteiger charge is 2.15. The van der Waals surface area contributed by atoms with E-state index in [1.807, 2.05) is 84.9 Å². The Morgan fingerprint density at radius 1 is 0.419 bits per heavy atom. The zero-order valence-corrected chi connectivity index (χ0v) is 18.2. The average molecular weight is 464 g/mol. The van der Waals surface area contributed by atoms with Crippen LogP contribution in [-0.2, 0) is 0 Å². The van der Waals surface area contributed by atoms with Crippen LogP contribution in [0.15, 0.2) is 114 Å². The topological polar surface area (TPSA) is 38.7 Å². The molecule has 31 heavy (non-hydrogen) atoms. The third-order valence-electron chi connectivity index (χ3n) is 5.00. The van der Waals surface area contributed by atoms with Crippen LogP contribution >= 0.6 is 15.9 Å². The van der Waals surface area contributed by atoms with E-state index in [1.54, 1.807) is 0 Å². The van der Waals surface area contributed by atoms with E-state index < -0.39 is 0 Å². The highest BCUT2D eigenvalue weighted by molar-refractivity contribution is 9.10. The first-order chi connectivity index (χ1) is 15.3. The Morgan fingerprint density at radius 3 is 1.61 bits per heavy atom. The van der Waals surface area contributed by atoms with Crippen molar-refractivity contribution >= 4 is 15.9 Å². The second kappa shape index (κ2) is 8.62. The molecule has 4 heteroatoms. The summed E-state index contributed by atoms with van der Waals surface area (Å²) in [5.74, 6) is 1.96. The zero-order chi connectivity index (χ0) is 21.0. The molecule has 0 saturated carbocycles. The molecule has 0 aliphatic heterocycles. The van der Waals surface area contributed by atoms with Gasteiger partial charge in [-0.25, -0.2) is 15.0 Å². The lowest BCUT2D eigenvalue weighted by atomic mass is 9.99. The molecule has 0 aliphatic carbocycles. The van der Waals surface area contributed by atoms with Crippen molar-refractivity contribution in [3.05, 3.63) is 114 Å². The Kier molecular flexibility index (Phi) is 5.38. The summed E-state index contributed by atoms with van der Waals surface area (Å²) >= 11 is 3.56. The van der Waals surface area contributed by atoms with Gasteiger partial charge < -0.3 is 0 Å². The molecule has 5 aromatic rings. The van der Waals surface area contributed by atoms with Crippen LogP contribution in [0.1, 0.15) is 0 Å². The van der Waals surface area contributed by atoms with E-state index in [4.69, 9.17) is 15.0 Å². The average Bonchev–Trinajstić information content (AvgIpc) is 2.85. The van der Waals surface area contributed by atoms with Crippen LogP contribution in [0.5, 0.6) is 0 Å². The molecule has 0 radical (unpaired) electrons. The lowest BCUT2D eigenvalue weighted by Gasteiger charge is -2.12. The molecule has 0 aliphatic rings. The van der Waals surface area contributed by atoms with Crippen LogP contribution < -0.4 is 0 Å². The Hall–Kier alpha value is -3.63. The van der Waals surface area contributed by atoms with Crippen molar-refractivity contribution in [1.29, 1.82) is 0 Å². The number of hydrogen-bond donors (Lipinski definition) is 0. The van der Waals surface area contributed by atoms with Crippen molar-refractivity contribution in [2.45, 2.75) is 0 Å². The number of benzene rings is 4. The van der Waals surface area contributed by atoms with Crippen LogP contribution in [0.2, 0.25) is 0 Å². The van der Waals surface area contributed by atoms with Gasteiger partial charge in [-0.1, -0.05) is 113 Å². The van der Waals surface area contributed by atoms with Crippen molar-refractivity contribution in [2.24, 2.45) is 0 Å². The fourth-order valence-corrected chi connectivity index (χ4v) is 3.92. The van der Waals surface area contributed by atoms with Crippen molar-refractivity contribution in [1.82, 2.24) is 15.0 Å². The van der Waals surface area contributed by atoms with E-state index in [-0.39, 0.29) is 0 Å². The molecule has 1 aromatic heterocycles. The standard InChI is InChI=1S/C27H18BrN3/c28-22-15-9-14-21(18-22)26-29-25(20-12-5-2-6-13-20)30-27(31-26)24-17-8-7-16-23(24)19-10-3-1-4-11-19/h1-18H. The van der Waals surface area contributed by atoms with Crippen molar-refractivity contribution in [3.8, 4) is 45.3 Å². The van der Waals surface area contributed by atoms with Gasteiger partial charge in [-0.2, -0.15) is 0 Å². The van der Waals surface area contributed by atoms with Crippen LogP contribution in [0.4, 0.5) is 0 Å². The van der Waals surface area contributed by atoms with Crippen LogP contribution in [-0.4, -0.2) is 15.0 Å². The van der Waals surface area contributed by atoms with Gasteiger partial charge in [-0.05, 0) is 23.3 Å². The molecule has 0 N–H and O–H groups in total. The van der Waals surface area contributed by atoms with E-state index in [2.05, 4.69) is 40.2 Å². The van der Waals surface area contributed by atoms with Gasteiger partial charge in [0, 0.05) is 21.2 Å². The summed E-state index contributed by atoms with van der Waals surface area (Å²) in [6.45, 7) is 0. The Labute approximate surface area is 189 Å². The Balaban J connectivity index is 1.74. The first kappa shape index (κ1) is 19.3. The third kappa shape index (κ3) is 4.16. The number of aromatic nitrogens is 3. The van der Waals surface area contributed by atoms with Gasteiger partial charge >= 0.3 is 0 Å². The molecule has 0 fully saturated rings. The highest BCUT2D eigenvalue weighted by Crippen LogP contribution is 2.32. The molecule has 0 unspecified atom stereocenters. The minimum Gasteiger partial charge on any atom is -0.208 e. The molecular formula is C27H18BrN3. The summed E-state index contributed by atoms with van der Waals surface area (Å²) in [7, 11) is 0. The van der Waals surface area contributed by atoms with E-state index in [1.165, 1.54) is 0 Å². The fraction of sp³-hybridized carbons (Fsp3) is 0. The first-order valence-electron chi connectivity index (χ1n) is 10.0. The van der Waals surface area contributed by atoms with Gasteiger partial charge in [-0.3, -0.25) is 0 Å². The molecular weight excluding hydrogens is 446 g/mol. The molecule has 0 saturated heterocycles. The van der Waals surface area contributed by atoms with Gasteiger partial charge in [-0.15, -0.1) is 0 Å². The van der Waals surface area contributed by atoms with Crippen molar-refractivity contribution in [3.63, 3.8) is 0 Å². The van der Waals surface area contributed by atoms with Gasteiger partial charge in [0.1, 0.15) is 0 Å². The van der Waals surface area contributed by atoms with Crippen LogP contribution in [0.25, 0.3) is 45.3 Å². The maximum atomic E-state index is 4.88. The molecule has 148 valence electrons. The second-order valence-corrected chi connectivity index (χ2v) is 8.01. The molecule has 3 nitrogen and oxygen atoms in total. The van der Waals surface area contributed by atoms with Gasteiger partial charge in [0.05, 0.1) is 0 Å². The second-order valence-electron chi connectivity index (χ2n) is 7.09. The monoisotopic (exact) mass is 463 g/mol. The highest BCUT2D eigenvalue weighted by atomic mass is 79.9. The lowest BCUT2D eigenvalue weighted by molar-refractivity contribution is 1.07. The summed E-state index contributed by atoms with van der Waals surface area (Å²) in [5, 5.41) is 0. The maximum Gasteiger partial charge on any atom is 0.164 e. The number of nitrogens with zero attached hydrogens (tertiary/aromatic N) is 3. The SMILES string of the molecule is Brc1cccc(-c2nc(-c3ccccc3)nc(-c3ccccc3-c3ccccc3)n2)c1. The molecule has 0 amide bonds. The van der Waals surface area contributed by atoms with Crippen LogP contribution in [0, 0.1) is 0 Å². The van der Waals surface area contributed by atoms with Crippen molar-refractivity contribution < 1.29 is 0 Å². The van der Waals surface area contributed by atoms with E-state index in [9.17, 15) is 0 Å². The summed E-state index contributed by atoms with van der Waals surface area (Å²) in [6.07, 6.45) is 0. The summed E-state index contributed by atoms with van der Waals surface area (Å²) in [5.41, 5.74) is 5.09. The van der Waals surface area contributed by atoms with Crippen LogP contribution in [0.3, 0.4) is 0 Å². The maximum absolute atomic E-state index is 4.88. The zero-order valence-electron chi connectivity index (χ0n) is 16.6. The van der Waals surface area contributed by atoms with Crippen molar-refractivity contribution in [2.75, 3.05) is 0 Å². The largest absolute Gasteiger partial charge is 0.208 e. The summed E-state index contributed by atoms with van der Waals surface area (Å²) in [4.78, 5) is 14.6. The first-order valence-corrected chi connectivity index (χ1v) is 10.8. The Bertz CT molecular complexity index is 1340. The Morgan fingerprint density at radius 2 is 0.935 bits per heavy atom. The molecule has 0 spiro atoms. The molecule has 1 heterocycles. The minimum absolute atomic E-state index is 0.646. The summed E-state index contributed by atoms with van der Waals surface area (Å²) < 4.78 is 0.984. The number of rotatable bonds is 4. The number of hydrogen-bond acceptors (Lipinski definition) is 3. The molecule has 4 aromatic carbocycles. The minimum atomic E-state index is 0.646. The predicted octanol–water partition coefficient (Wildman–Crippen LogP) is 7.30. The number of halogens is 1. The van der Waals surface area contributed by atoms with E-state index in [0.717, 1.165) is 32.3 Å². The molecule has 0 bridgehead atoms. The van der Waals surface area contributed by atoms with Gasteiger partial charge in [0.25, 0.3) is 0 Å². The third-order valence-corrected chi connectivity index (χ3v) is 5.50. The van der Waals surface area contributed by atoms with E-state index in [0.29, 0.717) is 17.5 Å². The van der Waals surface area contributed by atoms with E-state index >= 15 is 0 Å². The fourth-order valence-electron chi connectivity index (χ4n) is 3.52. The smallest absolute Gasteiger partial charge is 0.164 e. The normalized spacial score (nSPS) is 10.7. The van der Waals surface area contributed by atoms with Gasteiger partial charge in [0.15, 0.2) is 17.5 Å². The summed E-state index contributed by atoms with van der Waals surface area (Å²) in [6, 6.07) is 36.6. The van der Waals surface area contributed by atoms with Gasteiger partial charge in [0.2, 0.25) is 0 Å². The predicted molar refractivity (Wildman–Crippen MR) is 129 cm³/mol. The molecule has 5 rings (SSSR count). The lowest BCUT2D eigenvalue weighted by Crippen LogP contribution is -2.01. The quantitative estimate of drug-likeness (QED) is 0.280.